The van der Waals surface area contributed by atoms with Crippen molar-refractivity contribution in [3.05, 3.63) is 0 Å². The Morgan fingerprint density at radius 1 is 1.45 bits per heavy atom. The molecule has 5 nitrogen and oxygen atoms in total. The number of ether oxygens (including phenoxy) is 1. The van der Waals surface area contributed by atoms with Crippen LogP contribution in [0.5, 0.6) is 0 Å². The molecule has 2 rings (SSSR count). The number of hydrogen-bond acceptors (Lipinski definition) is 4. The largest absolute Gasteiger partial charge is 0.383 e. The lowest BCUT2D eigenvalue weighted by Gasteiger charge is -2.27. The molecule has 0 radical (unpaired) electrons. The Hall–Kier alpha value is -0.650. The number of methoxy groups -OCH3 is 1. The Kier molecular flexibility index (Phi) is 5.04. The smallest absolute Gasteiger partial charge is 0.244 e. The zero-order chi connectivity index (χ0) is 14.8. The van der Waals surface area contributed by atoms with E-state index in [2.05, 4.69) is 36.0 Å². The van der Waals surface area contributed by atoms with Crippen molar-refractivity contribution < 1.29 is 9.53 Å². The van der Waals surface area contributed by atoms with Gasteiger partial charge in [-0.3, -0.25) is 10.1 Å². The summed E-state index contributed by atoms with van der Waals surface area (Å²) in [5.41, 5.74) is -0.190. The van der Waals surface area contributed by atoms with Gasteiger partial charge in [0.2, 0.25) is 5.91 Å². The minimum Gasteiger partial charge on any atom is -0.383 e. The van der Waals surface area contributed by atoms with Crippen LogP contribution in [0.2, 0.25) is 0 Å². The van der Waals surface area contributed by atoms with Crippen LogP contribution in [0.15, 0.2) is 0 Å². The molecule has 2 aliphatic rings. The summed E-state index contributed by atoms with van der Waals surface area (Å²) < 4.78 is 5.09. The third-order valence-corrected chi connectivity index (χ3v) is 4.33. The summed E-state index contributed by atoms with van der Waals surface area (Å²) in [6.45, 7) is 7.79. The third kappa shape index (κ3) is 3.51. The molecule has 5 heteroatoms. The van der Waals surface area contributed by atoms with Crippen LogP contribution in [-0.2, 0) is 9.53 Å². The molecule has 1 N–H and O–H groups in total. The fourth-order valence-electron chi connectivity index (χ4n) is 2.89. The highest BCUT2D eigenvalue weighted by Crippen LogP contribution is 2.42. The maximum absolute atomic E-state index is 12.5. The van der Waals surface area contributed by atoms with Crippen LogP contribution in [-0.4, -0.2) is 67.8 Å². The molecule has 1 aliphatic carbocycles. The molecule has 1 heterocycles. The summed E-state index contributed by atoms with van der Waals surface area (Å²) >= 11 is 0. The predicted octanol–water partition coefficient (Wildman–Crippen LogP) is 0.901. The third-order valence-electron chi connectivity index (χ3n) is 4.33. The summed E-state index contributed by atoms with van der Waals surface area (Å²) in [4.78, 5) is 16.8. The second kappa shape index (κ2) is 6.41. The number of nitrogens with zero attached hydrogens (tertiary/aromatic N) is 2. The van der Waals surface area contributed by atoms with E-state index < -0.39 is 0 Å². The average molecular weight is 283 g/mol. The average Bonchev–Trinajstić information content (AvgIpc) is 3.11. The van der Waals surface area contributed by atoms with Crippen LogP contribution in [0.4, 0.5) is 0 Å². The van der Waals surface area contributed by atoms with E-state index in [0.29, 0.717) is 11.8 Å². The SMILES string of the molecule is COCCN(C)CCN1C(=O)C2(CC2)NC1CC(C)C. The fourth-order valence-corrected chi connectivity index (χ4v) is 2.89. The van der Waals surface area contributed by atoms with Crippen molar-refractivity contribution in [2.75, 3.05) is 40.4 Å². The Balaban J connectivity index is 1.87. The molecule has 0 aromatic carbocycles. The van der Waals surface area contributed by atoms with Crippen molar-refractivity contribution in [1.29, 1.82) is 0 Å². The lowest BCUT2D eigenvalue weighted by molar-refractivity contribution is -0.131. The molecule has 1 amide bonds. The second-order valence-corrected chi connectivity index (χ2v) is 6.67. The van der Waals surface area contributed by atoms with E-state index in [4.69, 9.17) is 4.74 Å². The number of amides is 1. The number of nitrogens with one attached hydrogen (secondary N) is 1. The van der Waals surface area contributed by atoms with Gasteiger partial charge in [0.05, 0.1) is 18.3 Å². The van der Waals surface area contributed by atoms with Gasteiger partial charge in [-0.15, -0.1) is 0 Å². The van der Waals surface area contributed by atoms with E-state index in [1.807, 2.05) is 0 Å². The highest BCUT2D eigenvalue weighted by atomic mass is 16.5. The van der Waals surface area contributed by atoms with E-state index in [1.54, 1.807) is 7.11 Å². The number of carbonyl (C=O) groups excluding carboxylic acids is 1. The van der Waals surface area contributed by atoms with Gasteiger partial charge < -0.3 is 14.5 Å². The van der Waals surface area contributed by atoms with Crippen molar-refractivity contribution >= 4 is 5.91 Å². The van der Waals surface area contributed by atoms with Crippen LogP contribution >= 0.6 is 0 Å². The standard InChI is InChI=1S/C15H29N3O2/c1-12(2)11-13-16-15(5-6-15)14(19)18(13)8-7-17(3)9-10-20-4/h12-13,16H,5-11H2,1-4H3. The maximum Gasteiger partial charge on any atom is 0.244 e. The minimum atomic E-state index is -0.190. The molecule has 1 saturated heterocycles. The lowest BCUT2D eigenvalue weighted by atomic mass is 10.1. The zero-order valence-corrected chi connectivity index (χ0v) is 13.3. The van der Waals surface area contributed by atoms with Gasteiger partial charge >= 0.3 is 0 Å². The molecule has 0 aromatic heterocycles. The highest BCUT2D eigenvalue weighted by Gasteiger charge is 2.58. The Bertz CT molecular complexity index is 342. The molecule has 1 unspecified atom stereocenters. The van der Waals surface area contributed by atoms with Gasteiger partial charge in [0.1, 0.15) is 0 Å². The van der Waals surface area contributed by atoms with Gasteiger partial charge in [-0.2, -0.15) is 0 Å². The Labute approximate surface area is 122 Å². The molecule has 0 bridgehead atoms. The van der Waals surface area contributed by atoms with E-state index in [1.165, 1.54) is 0 Å². The highest BCUT2D eigenvalue weighted by molar-refractivity contribution is 5.91. The van der Waals surface area contributed by atoms with Crippen molar-refractivity contribution in [2.24, 2.45) is 5.92 Å². The maximum atomic E-state index is 12.5. The van der Waals surface area contributed by atoms with Crippen LogP contribution < -0.4 is 5.32 Å². The predicted molar refractivity (Wildman–Crippen MR) is 79.4 cm³/mol. The summed E-state index contributed by atoms with van der Waals surface area (Å²) in [6.07, 6.45) is 3.28. The summed E-state index contributed by atoms with van der Waals surface area (Å²) in [6, 6.07) is 0. The molecule has 1 aliphatic heterocycles. The van der Waals surface area contributed by atoms with Crippen molar-refractivity contribution in [3.8, 4) is 0 Å². The van der Waals surface area contributed by atoms with E-state index in [9.17, 15) is 4.79 Å². The first-order valence-electron chi connectivity index (χ1n) is 7.75. The molecule has 1 atom stereocenters. The molecular weight excluding hydrogens is 254 g/mol. The van der Waals surface area contributed by atoms with E-state index >= 15 is 0 Å². The van der Waals surface area contributed by atoms with Crippen molar-refractivity contribution in [2.45, 2.75) is 44.8 Å². The van der Waals surface area contributed by atoms with Gasteiger partial charge in [0.15, 0.2) is 0 Å². The molecular formula is C15H29N3O2. The van der Waals surface area contributed by atoms with E-state index in [-0.39, 0.29) is 11.7 Å². The Morgan fingerprint density at radius 3 is 2.70 bits per heavy atom. The van der Waals surface area contributed by atoms with Crippen LogP contribution in [0.25, 0.3) is 0 Å². The van der Waals surface area contributed by atoms with E-state index in [0.717, 1.165) is 45.5 Å². The summed E-state index contributed by atoms with van der Waals surface area (Å²) in [5.74, 6) is 0.922. The fraction of sp³-hybridized carbons (Fsp3) is 0.933. The summed E-state index contributed by atoms with van der Waals surface area (Å²) in [5, 5.41) is 3.57. The van der Waals surface area contributed by atoms with Crippen molar-refractivity contribution in [3.63, 3.8) is 0 Å². The van der Waals surface area contributed by atoms with Gasteiger partial charge in [-0.25, -0.2) is 0 Å². The topological polar surface area (TPSA) is 44.8 Å². The van der Waals surface area contributed by atoms with Crippen molar-refractivity contribution in [1.82, 2.24) is 15.1 Å². The second-order valence-electron chi connectivity index (χ2n) is 6.67. The van der Waals surface area contributed by atoms with Gasteiger partial charge in [-0.1, -0.05) is 13.8 Å². The molecule has 2 fully saturated rings. The Morgan fingerprint density at radius 2 is 2.15 bits per heavy atom. The first kappa shape index (κ1) is 15.7. The zero-order valence-electron chi connectivity index (χ0n) is 13.3. The normalized spacial score (nSPS) is 24.4. The summed E-state index contributed by atoms with van der Waals surface area (Å²) in [7, 11) is 3.80. The van der Waals surface area contributed by atoms with Crippen LogP contribution in [0, 0.1) is 5.92 Å². The quantitative estimate of drug-likeness (QED) is 0.719. The minimum absolute atomic E-state index is 0.190. The first-order chi connectivity index (χ1) is 9.48. The van der Waals surface area contributed by atoms with Gasteiger partial charge in [0.25, 0.3) is 0 Å². The number of hydrogen-bond donors (Lipinski definition) is 1. The van der Waals surface area contributed by atoms with Crippen LogP contribution in [0.1, 0.15) is 33.1 Å². The lowest BCUT2D eigenvalue weighted by Crippen LogP contribution is -2.42. The van der Waals surface area contributed by atoms with Crippen LogP contribution in [0.3, 0.4) is 0 Å². The molecule has 1 saturated carbocycles. The molecule has 0 aromatic rings. The molecule has 20 heavy (non-hydrogen) atoms. The number of rotatable bonds is 8. The number of likely N-dealkylation sites (N-methyl/N-ethyl adjacent to an activating group) is 1. The number of carbonyl (C=O) groups is 1. The monoisotopic (exact) mass is 283 g/mol. The molecule has 116 valence electrons. The first-order valence-corrected chi connectivity index (χ1v) is 7.75. The van der Waals surface area contributed by atoms with Gasteiger partial charge in [0, 0.05) is 26.7 Å². The molecule has 1 spiro atoms. The van der Waals surface area contributed by atoms with Gasteiger partial charge in [-0.05, 0) is 32.2 Å².